The van der Waals surface area contributed by atoms with Gasteiger partial charge in [-0.1, -0.05) is 13.8 Å². The first-order chi connectivity index (χ1) is 5.24. The van der Waals surface area contributed by atoms with Gasteiger partial charge in [-0.25, -0.2) is 0 Å². The van der Waals surface area contributed by atoms with Gasteiger partial charge in [0, 0.05) is 0 Å². The molecule has 0 saturated heterocycles. The maximum absolute atomic E-state index is 11.3. The van der Waals surface area contributed by atoms with Gasteiger partial charge in [-0.2, -0.15) is 0 Å². The number of hydrogen-bond acceptors (Lipinski definition) is 3. The smallest absolute Gasteiger partial charge is 0.309 e. The van der Waals surface area contributed by atoms with E-state index in [1.165, 1.54) is 0 Å². The van der Waals surface area contributed by atoms with Crippen LogP contribution in [-0.4, -0.2) is 20.3 Å². The number of carbonyl (C=O) groups is 1. The minimum Gasteiger partial charge on any atom is -0.519 e. The molecule has 12 heavy (non-hydrogen) atoms. The van der Waals surface area contributed by atoms with E-state index < -0.39 is 14.4 Å². The molecule has 0 bridgehead atoms. The van der Waals surface area contributed by atoms with E-state index in [-0.39, 0.29) is 11.9 Å². The van der Waals surface area contributed by atoms with Gasteiger partial charge < -0.3 is 10.2 Å². The third kappa shape index (κ3) is 4.51. The maximum Gasteiger partial charge on any atom is 0.309 e. The highest BCUT2D eigenvalue weighted by atomic mass is 28.4. The van der Waals surface area contributed by atoms with Crippen LogP contribution in [0, 0.1) is 5.92 Å². The molecule has 0 spiro atoms. The fourth-order valence-electron chi connectivity index (χ4n) is 0.642. The van der Waals surface area contributed by atoms with Crippen molar-refractivity contribution >= 4 is 14.3 Å². The average Bonchev–Trinajstić information content (AvgIpc) is 1.82. The predicted octanol–water partition coefficient (Wildman–Crippen LogP) is 1.35. The Bertz CT molecular complexity index is 163. The standard InChI is InChI=1S/C8H19NO2Si/c1-6(2)7(9)8(10)11-12(3,4)5/h6-7H,9H2,1-5H3/t7-/m0/s1. The largest absolute Gasteiger partial charge is 0.519 e. The fraction of sp³-hybridized carbons (Fsp3) is 0.875. The molecule has 0 amide bonds. The third-order valence-electron chi connectivity index (χ3n) is 1.40. The summed E-state index contributed by atoms with van der Waals surface area (Å²) in [6, 6.07) is -0.475. The van der Waals surface area contributed by atoms with E-state index >= 15 is 0 Å². The second-order valence-corrected chi connectivity index (χ2v) is 8.73. The first-order valence-corrected chi connectivity index (χ1v) is 7.63. The van der Waals surface area contributed by atoms with Crippen LogP contribution >= 0.6 is 0 Å². The molecule has 0 aliphatic rings. The second-order valence-electron chi connectivity index (χ2n) is 4.30. The van der Waals surface area contributed by atoms with Crippen LogP contribution in [0.5, 0.6) is 0 Å². The van der Waals surface area contributed by atoms with Gasteiger partial charge in [-0.05, 0) is 25.6 Å². The van der Waals surface area contributed by atoms with E-state index in [0.717, 1.165) is 0 Å². The summed E-state index contributed by atoms with van der Waals surface area (Å²) in [5, 5.41) is 0. The van der Waals surface area contributed by atoms with E-state index in [9.17, 15) is 4.79 Å². The molecule has 72 valence electrons. The van der Waals surface area contributed by atoms with Crippen molar-refractivity contribution in [2.24, 2.45) is 11.7 Å². The van der Waals surface area contributed by atoms with E-state index in [4.69, 9.17) is 10.2 Å². The number of nitrogens with two attached hydrogens (primary N) is 1. The number of hydrogen-bond donors (Lipinski definition) is 1. The molecule has 0 aliphatic heterocycles. The van der Waals surface area contributed by atoms with Crippen molar-refractivity contribution in [2.45, 2.75) is 39.5 Å². The van der Waals surface area contributed by atoms with Crippen LogP contribution < -0.4 is 5.73 Å². The monoisotopic (exact) mass is 189 g/mol. The molecule has 0 aromatic rings. The van der Waals surface area contributed by atoms with Gasteiger partial charge in [0.1, 0.15) is 6.04 Å². The molecule has 0 radical (unpaired) electrons. The molecule has 4 heteroatoms. The molecule has 1 atom stereocenters. The van der Waals surface area contributed by atoms with Gasteiger partial charge >= 0.3 is 5.97 Å². The zero-order chi connectivity index (χ0) is 9.94. The molecule has 3 nitrogen and oxygen atoms in total. The fourth-order valence-corrected chi connectivity index (χ4v) is 1.38. The van der Waals surface area contributed by atoms with Crippen molar-refractivity contribution in [1.29, 1.82) is 0 Å². The highest BCUT2D eigenvalue weighted by Gasteiger charge is 2.25. The van der Waals surface area contributed by atoms with Gasteiger partial charge in [0.25, 0.3) is 0 Å². The van der Waals surface area contributed by atoms with E-state index in [0.29, 0.717) is 0 Å². The van der Waals surface area contributed by atoms with Crippen LogP contribution in [-0.2, 0) is 9.22 Å². The van der Waals surface area contributed by atoms with E-state index in [2.05, 4.69) is 0 Å². The minimum absolute atomic E-state index is 0.147. The summed E-state index contributed by atoms with van der Waals surface area (Å²) in [5.74, 6) is -0.113. The Hall–Kier alpha value is -0.353. The zero-order valence-corrected chi connectivity index (χ0v) is 9.55. The zero-order valence-electron chi connectivity index (χ0n) is 8.55. The van der Waals surface area contributed by atoms with Crippen molar-refractivity contribution in [3.8, 4) is 0 Å². The Morgan fingerprint density at radius 1 is 1.33 bits per heavy atom. The summed E-state index contributed by atoms with van der Waals surface area (Å²) in [5.41, 5.74) is 5.61. The first-order valence-electron chi connectivity index (χ1n) is 4.22. The first kappa shape index (κ1) is 11.6. The molecule has 2 N–H and O–H groups in total. The summed E-state index contributed by atoms with van der Waals surface area (Å²) in [7, 11) is -1.76. The lowest BCUT2D eigenvalue weighted by molar-refractivity contribution is -0.137. The molecule has 0 aliphatic carbocycles. The quantitative estimate of drug-likeness (QED) is 0.682. The number of carbonyl (C=O) groups excluding carboxylic acids is 1. The van der Waals surface area contributed by atoms with Crippen LogP contribution in [0.15, 0.2) is 0 Å². The van der Waals surface area contributed by atoms with Gasteiger partial charge in [-0.15, -0.1) is 0 Å². The lowest BCUT2D eigenvalue weighted by Gasteiger charge is -2.22. The maximum atomic E-state index is 11.3. The van der Waals surface area contributed by atoms with Crippen LogP contribution in [0.25, 0.3) is 0 Å². The number of rotatable bonds is 3. The molecule has 0 aromatic heterocycles. The molecule has 0 rings (SSSR count). The van der Waals surface area contributed by atoms with Crippen LogP contribution in [0.2, 0.25) is 19.6 Å². The summed E-state index contributed by atoms with van der Waals surface area (Å²) in [6.07, 6.45) is 0. The molecule has 0 heterocycles. The second kappa shape index (κ2) is 4.05. The molecule has 0 unspecified atom stereocenters. The SMILES string of the molecule is CC(C)[C@H](N)C(=O)O[Si](C)(C)C. The molecular weight excluding hydrogens is 170 g/mol. The van der Waals surface area contributed by atoms with Crippen molar-refractivity contribution in [3.63, 3.8) is 0 Å². The van der Waals surface area contributed by atoms with E-state index in [1.54, 1.807) is 0 Å². The van der Waals surface area contributed by atoms with Gasteiger partial charge in [0.05, 0.1) is 0 Å². The Balaban J connectivity index is 4.05. The summed E-state index contributed by atoms with van der Waals surface area (Å²) < 4.78 is 5.24. The molecule has 0 aromatic carbocycles. The van der Waals surface area contributed by atoms with Crippen molar-refractivity contribution in [1.82, 2.24) is 0 Å². The van der Waals surface area contributed by atoms with Crippen molar-refractivity contribution in [2.75, 3.05) is 0 Å². The average molecular weight is 189 g/mol. The molecule has 0 saturated carbocycles. The van der Waals surface area contributed by atoms with Crippen LogP contribution in [0.3, 0.4) is 0 Å². The Morgan fingerprint density at radius 3 is 2.00 bits per heavy atom. The lowest BCUT2D eigenvalue weighted by atomic mass is 10.1. The van der Waals surface area contributed by atoms with Crippen LogP contribution in [0.1, 0.15) is 13.8 Å². The Morgan fingerprint density at radius 2 is 1.75 bits per heavy atom. The highest BCUT2D eigenvalue weighted by Crippen LogP contribution is 2.07. The summed E-state index contributed by atoms with van der Waals surface area (Å²) in [6.45, 7) is 9.74. The predicted molar refractivity (Wildman–Crippen MR) is 52.3 cm³/mol. The van der Waals surface area contributed by atoms with Gasteiger partial charge in [0.2, 0.25) is 8.32 Å². The van der Waals surface area contributed by atoms with E-state index in [1.807, 2.05) is 33.5 Å². The van der Waals surface area contributed by atoms with Crippen LogP contribution in [0.4, 0.5) is 0 Å². The summed E-state index contributed by atoms with van der Waals surface area (Å²) >= 11 is 0. The Kier molecular flexibility index (Phi) is 3.93. The lowest BCUT2D eigenvalue weighted by Crippen LogP contribution is -2.42. The van der Waals surface area contributed by atoms with Gasteiger partial charge in [0.15, 0.2) is 0 Å². The highest BCUT2D eigenvalue weighted by molar-refractivity contribution is 6.71. The molecular formula is C8H19NO2Si. The topological polar surface area (TPSA) is 52.3 Å². The summed E-state index contributed by atoms with van der Waals surface area (Å²) in [4.78, 5) is 11.3. The normalized spacial score (nSPS) is 14.6. The third-order valence-corrected chi connectivity index (χ3v) is 2.21. The van der Waals surface area contributed by atoms with Gasteiger partial charge in [-0.3, -0.25) is 4.79 Å². The Labute approximate surface area is 75.4 Å². The molecule has 0 fully saturated rings. The van der Waals surface area contributed by atoms with Crippen molar-refractivity contribution in [3.05, 3.63) is 0 Å². The van der Waals surface area contributed by atoms with Crippen molar-refractivity contribution < 1.29 is 9.22 Å². The minimum atomic E-state index is -1.76.